The molecule has 3 aromatic rings. The van der Waals surface area contributed by atoms with Crippen molar-refractivity contribution in [1.82, 2.24) is 15.2 Å². The van der Waals surface area contributed by atoms with E-state index in [4.69, 9.17) is 0 Å². The highest BCUT2D eigenvalue weighted by atomic mass is 16.6. The Labute approximate surface area is 115 Å². The SMILES string of the molecule is CN(Cc1ccccc1)C(=O)c1ccc2nonc2c1. The van der Waals surface area contributed by atoms with E-state index in [0.29, 0.717) is 23.1 Å². The first-order valence-electron chi connectivity index (χ1n) is 6.26. The summed E-state index contributed by atoms with van der Waals surface area (Å²) in [6.45, 7) is 0.564. The lowest BCUT2D eigenvalue weighted by atomic mass is 10.1. The molecule has 0 atom stereocenters. The van der Waals surface area contributed by atoms with Crippen LogP contribution in [0.4, 0.5) is 0 Å². The maximum Gasteiger partial charge on any atom is 0.253 e. The van der Waals surface area contributed by atoms with Crippen molar-refractivity contribution in [3.8, 4) is 0 Å². The third kappa shape index (κ3) is 2.38. The molecule has 0 bridgehead atoms. The van der Waals surface area contributed by atoms with Crippen molar-refractivity contribution in [3.63, 3.8) is 0 Å². The van der Waals surface area contributed by atoms with Gasteiger partial charge in [-0.1, -0.05) is 30.3 Å². The van der Waals surface area contributed by atoms with E-state index in [1.807, 2.05) is 30.3 Å². The summed E-state index contributed by atoms with van der Waals surface area (Å²) >= 11 is 0. The highest BCUT2D eigenvalue weighted by Gasteiger charge is 2.13. The predicted molar refractivity (Wildman–Crippen MR) is 74.0 cm³/mol. The first kappa shape index (κ1) is 12.3. The summed E-state index contributed by atoms with van der Waals surface area (Å²) in [4.78, 5) is 14.0. The first-order valence-corrected chi connectivity index (χ1v) is 6.26. The monoisotopic (exact) mass is 267 g/mol. The number of carbonyl (C=O) groups is 1. The molecule has 1 aromatic heterocycles. The van der Waals surface area contributed by atoms with Gasteiger partial charge in [-0.15, -0.1) is 0 Å². The molecule has 0 saturated heterocycles. The van der Waals surface area contributed by atoms with E-state index < -0.39 is 0 Å². The molecule has 0 spiro atoms. The number of aromatic nitrogens is 2. The Morgan fingerprint density at radius 3 is 2.65 bits per heavy atom. The van der Waals surface area contributed by atoms with Gasteiger partial charge in [0.05, 0.1) is 0 Å². The molecule has 2 aromatic carbocycles. The van der Waals surface area contributed by atoms with E-state index in [9.17, 15) is 4.79 Å². The second-order valence-electron chi connectivity index (χ2n) is 4.61. The summed E-state index contributed by atoms with van der Waals surface area (Å²) in [6, 6.07) is 15.0. The smallest absolute Gasteiger partial charge is 0.253 e. The molecule has 0 radical (unpaired) electrons. The summed E-state index contributed by atoms with van der Waals surface area (Å²) in [5, 5.41) is 7.47. The fourth-order valence-electron chi connectivity index (χ4n) is 2.06. The zero-order chi connectivity index (χ0) is 13.9. The van der Waals surface area contributed by atoms with Crippen LogP contribution in [-0.4, -0.2) is 28.2 Å². The van der Waals surface area contributed by atoms with E-state index in [1.54, 1.807) is 30.1 Å². The summed E-state index contributed by atoms with van der Waals surface area (Å²) < 4.78 is 4.63. The minimum Gasteiger partial charge on any atom is -0.337 e. The lowest BCUT2D eigenvalue weighted by Gasteiger charge is -2.17. The molecule has 0 aliphatic carbocycles. The van der Waals surface area contributed by atoms with Gasteiger partial charge in [0.2, 0.25) is 0 Å². The third-order valence-corrected chi connectivity index (χ3v) is 3.11. The summed E-state index contributed by atoms with van der Waals surface area (Å²) in [7, 11) is 1.78. The summed E-state index contributed by atoms with van der Waals surface area (Å²) in [5.41, 5.74) is 2.90. The van der Waals surface area contributed by atoms with Crippen molar-refractivity contribution >= 4 is 16.9 Å². The fraction of sp³-hybridized carbons (Fsp3) is 0.133. The van der Waals surface area contributed by atoms with Crippen molar-refractivity contribution in [1.29, 1.82) is 0 Å². The predicted octanol–water partition coefficient (Wildman–Crippen LogP) is 2.50. The van der Waals surface area contributed by atoms with Gasteiger partial charge in [0.25, 0.3) is 5.91 Å². The summed E-state index contributed by atoms with van der Waals surface area (Å²) in [6.07, 6.45) is 0. The van der Waals surface area contributed by atoms with E-state index >= 15 is 0 Å². The van der Waals surface area contributed by atoms with E-state index in [0.717, 1.165) is 5.56 Å². The molecule has 5 heteroatoms. The Hall–Kier alpha value is -2.69. The molecule has 0 fully saturated rings. The van der Waals surface area contributed by atoms with E-state index in [2.05, 4.69) is 14.9 Å². The minimum atomic E-state index is -0.0567. The Morgan fingerprint density at radius 2 is 1.85 bits per heavy atom. The molecule has 0 unspecified atom stereocenters. The Kier molecular flexibility index (Phi) is 3.16. The zero-order valence-electron chi connectivity index (χ0n) is 11.0. The van der Waals surface area contributed by atoms with Crippen LogP contribution in [0, 0.1) is 0 Å². The molecular formula is C15H13N3O2. The average Bonchev–Trinajstić information content (AvgIpc) is 2.94. The van der Waals surface area contributed by atoms with Crippen molar-refractivity contribution in [2.75, 3.05) is 7.05 Å². The second-order valence-corrected chi connectivity index (χ2v) is 4.61. The van der Waals surface area contributed by atoms with Crippen LogP contribution in [-0.2, 0) is 6.54 Å². The van der Waals surface area contributed by atoms with E-state index in [1.165, 1.54) is 0 Å². The normalized spacial score (nSPS) is 10.7. The Balaban J connectivity index is 1.80. The van der Waals surface area contributed by atoms with Crippen LogP contribution >= 0.6 is 0 Å². The van der Waals surface area contributed by atoms with Crippen LogP contribution < -0.4 is 0 Å². The molecule has 1 amide bonds. The largest absolute Gasteiger partial charge is 0.337 e. The number of hydrogen-bond acceptors (Lipinski definition) is 4. The fourth-order valence-corrected chi connectivity index (χ4v) is 2.06. The van der Waals surface area contributed by atoms with Crippen LogP contribution in [0.5, 0.6) is 0 Å². The molecule has 0 N–H and O–H groups in total. The molecule has 20 heavy (non-hydrogen) atoms. The molecular weight excluding hydrogens is 254 g/mol. The van der Waals surface area contributed by atoms with Gasteiger partial charge in [0.15, 0.2) is 0 Å². The van der Waals surface area contributed by atoms with Gasteiger partial charge < -0.3 is 4.90 Å². The number of carbonyl (C=O) groups excluding carboxylic acids is 1. The van der Waals surface area contributed by atoms with Gasteiger partial charge in [-0.3, -0.25) is 4.79 Å². The zero-order valence-corrected chi connectivity index (χ0v) is 11.0. The van der Waals surface area contributed by atoms with Gasteiger partial charge in [0, 0.05) is 19.2 Å². The van der Waals surface area contributed by atoms with Crippen LogP contribution in [0.3, 0.4) is 0 Å². The Bertz CT molecular complexity index is 737. The third-order valence-electron chi connectivity index (χ3n) is 3.11. The second kappa shape index (κ2) is 5.13. The number of benzene rings is 2. The van der Waals surface area contributed by atoms with Crippen LogP contribution in [0.1, 0.15) is 15.9 Å². The number of rotatable bonds is 3. The molecule has 0 saturated carbocycles. The molecule has 100 valence electrons. The maximum absolute atomic E-state index is 12.4. The van der Waals surface area contributed by atoms with Gasteiger partial charge in [0.1, 0.15) is 11.0 Å². The van der Waals surface area contributed by atoms with Crippen LogP contribution in [0.2, 0.25) is 0 Å². The number of fused-ring (bicyclic) bond motifs is 1. The van der Waals surface area contributed by atoms with Crippen molar-refractivity contribution in [3.05, 3.63) is 59.7 Å². The highest BCUT2D eigenvalue weighted by molar-refractivity contribution is 5.96. The molecule has 1 heterocycles. The first-order chi connectivity index (χ1) is 9.74. The number of amides is 1. The standard InChI is InChI=1S/C15H13N3O2/c1-18(10-11-5-3-2-4-6-11)15(19)12-7-8-13-14(9-12)17-20-16-13/h2-9H,10H2,1H3. The van der Waals surface area contributed by atoms with Gasteiger partial charge in [-0.2, -0.15) is 0 Å². The van der Waals surface area contributed by atoms with E-state index in [-0.39, 0.29) is 5.91 Å². The highest BCUT2D eigenvalue weighted by Crippen LogP contribution is 2.14. The Morgan fingerprint density at radius 1 is 1.10 bits per heavy atom. The lowest BCUT2D eigenvalue weighted by molar-refractivity contribution is 0.0785. The lowest BCUT2D eigenvalue weighted by Crippen LogP contribution is -2.26. The van der Waals surface area contributed by atoms with Gasteiger partial charge in [-0.05, 0) is 34.1 Å². The topological polar surface area (TPSA) is 59.2 Å². The van der Waals surface area contributed by atoms with Crippen molar-refractivity contribution in [2.45, 2.75) is 6.54 Å². The molecule has 5 nitrogen and oxygen atoms in total. The summed E-state index contributed by atoms with van der Waals surface area (Å²) in [5.74, 6) is -0.0567. The molecule has 3 rings (SSSR count). The molecule has 0 aliphatic rings. The van der Waals surface area contributed by atoms with Crippen molar-refractivity contribution < 1.29 is 9.42 Å². The van der Waals surface area contributed by atoms with Crippen molar-refractivity contribution in [2.24, 2.45) is 0 Å². The number of hydrogen-bond donors (Lipinski definition) is 0. The van der Waals surface area contributed by atoms with Gasteiger partial charge in [-0.25, -0.2) is 4.63 Å². The number of nitrogens with zero attached hydrogens (tertiary/aromatic N) is 3. The molecule has 0 aliphatic heterocycles. The quantitative estimate of drug-likeness (QED) is 0.731. The average molecular weight is 267 g/mol. The maximum atomic E-state index is 12.4. The minimum absolute atomic E-state index is 0.0567. The van der Waals surface area contributed by atoms with Crippen LogP contribution in [0.15, 0.2) is 53.2 Å². The van der Waals surface area contributed by atoms with Crippen LogP contribution in [0.25, 0.3) is 11.0 Å². The van der Waals surface area contributed by atoms with Gasteiger partial charge >= 0.3 is 0 Å².